The normalized spacial score (nSPS) is 12.0. The number of urea groups is 1. The molecule has 0 fully saturated rings. The summed E-state index contributed by atoms with van der Waals surface area (Å²) in [4.78, 5) is 11.9. The molecule has 0 spiro atoms. The minimum atomic E-state index is -0.278. The second-order valence-corrected chi connectivity index (χ2v) is 4.80. The van der Waals surface area contributed by atoms with Crippen LogP contribution in [0.1, 0.15) is 25.5 Å². The van der Waals surface area contributed by atoms with E-state index in [1.54, 1.807) is 17.1 Å². The predicted molar refractivity (Wildman–Crippen MR) is 84.5 cm³/mol. The van der Waals surface area contributed by atoms with Crippen LogP contribution in [0.3, 0.4) is 0 Å². The van der Waals surface area contributed by atoms with E-state index >= 15 is 0 Å². The molecule has 0 saturated carbocycles. The molecule has 0 aliphatic carbocycles. The summed E-state index contributed by atoms with van der Waals surface area (Å²) in [5, 5.41) is 12.8. The Bertz CT molecular complexity index is 590. The van der Waals surface area contributed by atoms with Crippen molar-refractivity contribution < 1.29 is 4.79 Å². The van der Waals surface area contributed by atoms with Crippen LogP contribution in [0, 0.1) is 0 Å². The summed E-state index contributed by atoms with van der Waals surface area (Å²) in [6.07, 6.45) is 3.41. The number of hydrogen-bond donors (Lipinski definition) is 3. The quantitative estimate of drug-likeness (QED) is 0.792. The van der Waals surface area contributed by atoms with Gasteiger partial charge in [-0.05, 0) is 38.6 Å². The van der Waals surface area contributed by atoms with Crippen LogP contribution in [0.5, 0.6) is 0 Å². The van der Waals surface area contributed by atoms with E-state index in [0.717, 1.165) is 12.2 Å². The molecule has 2 rings (SSSR count). The molecule has 0 bridgehead atoms. The number of aryl methyl sites for hydroxylation is 1. The van der Waals surface area contributed by atoms with Gasteiger partial charge in [-0.25, -0.2) is 4.79 Å². The van der Waals surface area contributed by atoms with Crippen LogP contribution in [-0.2, 0) is 6.54 Å². The van der Waals surface area contributed by atoms with Crippen LogP contribution < -0.4 is 16.0 Å². The molecule has 112 valence electrons. The van der Waals surface area contributed by atoms with E-state index in [2.05, 4.69) is 28.0 Å². The number of nitrogens with zero attached hydrogens (tertiary/aromatic N) is 2. The Labute approximate surface area is 124 Å². The van der Waals surface area contributed by atoms with Crippen molar-refractivity contribution >= 4 is 17.4 Å². The molecular formula is C15H21N5O. The number of hydrogen-bond acceptors (Lipinski definition) is 3. The van der Waals surface area contributed by atoms with Crippen LogP contribution in [-0.4, -0.2) is 22.9 Å². The summed E-state index contributed by atoms with van der Waals surface area (Å²) in [7, 11) is 1.92. The molecule has 1 aromatic carbocycles. The number of benzene rings is 1. The van der Waals surface area contributed by atoms with Gasteiger partial charge in [0.15, 0.2) is 0 Å². The van der Waals surface area contributed by atoms with Gasteiger partial charge in [0.05, 0.1) is 11.9 Å². The summed E-state index contributed by atoms with van der Waals surface area (Å²) < 4.78 is 1.75. The third kappa shape index (κ3) is 4.06. The third-order valence-electron chi connectivity index (χ3n) is 3.32. The van der Waals surface area contributed by atoms with E-state index in [4.69, 9.17) is 0 Å². The topological polar surface area (TPSA) is 71.0 Å². The van der Waals surface area contributed by atoms with Gasteiger partial charge in [-0.2, -0.15) is 5.10 Å². The van der Waals surface area contributed by atoms with Crippen LogP contribution in [0.25, 0.3) is 0 Å². The molecule has 21 heavy (non-hydrogen) atoms. The molecule has 6 heteroatoms. The molecule has 1 aromatic heterocycles. The van der Waals surface area contributed by atoms with Gasteiger partial charge in [0.2, 0.25) is 0 Å². The molecule has 6 nitrogen and oxygen atoms in total. The highest BCUT2D eigenvalue weighted by Crippen LogP contribution is 2.16. The van der Waals surface area contributed by atoms with Crippen molar-refractivity contribution in [2.75, 3.05) is 17.7 Å². The number of carbonyl (C=O) groups is 1. The van der Waals surface area contributed by atoms with Gasteiger partial charge in [-0.1, -0.05) is 12.1 Å². The monoisotopic (exact) mass is 287 g/mol. The highest BCUT2D eigenvalue weighted by Gasteiger charge is 2.06. The summed E-state index contributed by atoms with van der Waals surface area (Å²) in [6, 6.07) is 7.77. The molecule has 1 atom stereocenters. The zero-order valence-corrected chi connectivity index (χ0v) is 12.6. The Kier molecular flexibility index (Phi) is 4.94. The van der Waals surface area contributed by atoms with Crippen molar-refractivity contribution in [3.8, 4) is 0 Å². The van der Waals surface area contributed by atoms with Gasteiger partial charge < -0.3 is 16.0 Å². The Morgan fingerprint density at radius 3 is 2.48 bits per heavy atom. The molecule has 1 heterocycles. The van der Waals surface area contributed by atoms with Gasteiger partial charge >= 0.3 is 6.03 Å². The van der Waals surface area contributed by atoms with E-state index < -0.39 is 0 Å². The number of aromatic nitrogens is 2. The van der Waals surface area contributed by atoms with Crippen molar-refractivity contribution in [1.82, 2.24) is 15.1 Å². The maximum Gasteiger partial charge on any atom is 0.323 e. The van der Waals surface area contributed by atoms with Crippen molar-refractivity contribution in [3.05, 3.63) is 42.2 Å². The predicted octanol–water partition coefficient (Wildman–Crippen LogP) is 2.83. The smallest absolute Gasteiger partial charge is 0.313 e. The van der Waals surface area contributed by atoms with E-state index in [0.29, 0.717) is 5.69 Å². The summed E-state index contributed by atoms with van der Waals surface area (Å²) in [5.41, 5.74) is 2.60. The van der Waals surface area contributed by atoms with Crippen LogP contribution >= 0.6 is 0 Å². The molecular weight excluding hydrogens is 266 g/mol. The van der Waals surface area contributed by atoms with Crippen LogP contribution in [0.2, 0.25) is 0 Å². The van der Waals surface area contributed by atoms with E-state index in [-0.39, 0.29) is 12.1 Å². The summed E-state index contributed by atoms with van der Waals surface area (Å²) >= 11 is 0. The van der Waals surface area contributed by atoms with Crippen LogP contribution in [0.15, 0.2) is 36.7 Å². The van der Waals surface area contributed by atoms with Crippen LogP contribution in [0.4, 0.5) is 16.2 Å². The fourth-order valence-electron chi connectivity index (χ4n) is 1.92. The van der Waals surface area contributed by atoms with Gasteiger partial charge in [0.1, 0.15) is 0 Å². The second-order valence-electron chi connectivity index (χ2n) is 4.80. The second kappa shape index (κ2) is 6.90. The first-order chi connectivity index (χ1) is 10.1. The number of carbonyl (C=O) groups excluding carboxylic acids is 1. The molecule has 2 aromatic rings. The third-order valence-corrected chi connectivity index (χ3v) is 3.32. The first kappa shape index (κ1) is 15.1. The van der Waals surface area contributed by atoms with Crippen molar-refractivity contribution in [2.45, 2.75) is 26.4 Å². The number of nitrogens with one attached hydrogen (secondary N) is 3. The SMILES string of the molecule is CCn1cc(NC(=O)Nc2ccc(C(C)NC)cc2)cn1. The lowest BCUT2D eigenvalue weighted by Gasteiger charge is -2.11. The zero-order chi connectivity index (χ0) is 15.2. The molecule has 0 aliphatic rings. The average Bonchev–Trinajstić information content (AvgIpc) is 2.94. The van der Waals surface area contributed by atoms with Gasteiger partial charge in [-0.3, -0.25) is 4.68 Å². The number of rotatable bonds is 5. The van der Waals surface area contributed by atoms with E-state index in [1.165, 1.54) is 5.56 Å². The maximum atomic E-state index is 11.9. The lowest BCUT2D eigenvalue weighted by Crippen LogP contribution is -2.19. The first-order valence-electron chi connectivity index (χ1n) is 7.00. The number of anilines is 2. The summed E-state index contributed by atoms with van der Waals surface area (Å²) in [6.45, 7) is 4.85. The zero-order valence-electron chi connectivity index (χ0n) is 12.6. The Morgan fingerprint density at radius 2 is 1.90 bits per heavy atom. The van der Waals surface area contributed by atoms with Gasteiger partial charge in [-0.15, -0.1) is 0 Å². The number of amides is 2. The maximum absolute atomic E-state index is 11.9. The Morgan fingerprint density at radius 1 is 1.24 bits per heavy atom. The highest BCUT2D eigenvalue weighted by atomic mass is 16.2. The minimum Gasteiger partial charge on any atom is -0.313 e. The molecule has 3 N–H and O–H groups in total. The standard InChI is InChI=1S/C15H21N5O/c1-4-20-10-14(9-17-20)19-15(21)18-13-7-5-12(6-8-13)11(2)16-3/h5-11,16H,4H2,1-3H3,(H2,18,19,21). The molecule has 0 saturated heterocycles. The van der Waals surface area contributed by atoms with Crippen molar-refractivity contribution in [2.24, 2.45) is 0 Å². The van der Waals surface area contributed by atoms with E-state index in [1.807, 2.05) is 38.2 Å². The van der Waals surface area contributed by atoms with Crippen molar-refractivity contribution in [1.29, 1.82) is 0 Å². The lowest BCUT2D eigenvalue weighted by molar-refractivity contribution is 0.262. The first-order valence-corrected chi connectivity index (χ1v) is 7.00. The fraction of sp³-hybridized carbons (Fsp3) is 0.333. The van der Waals surface area contributed by atoms with Crippen molar-refractivity contribution in [3.63, 3.8) is 0 Å². The summed E-state index contributed by atoms with van der Waals surface area (Å²) in [5.74, 6) is 0. The molecule has 0 radical (unpaired) electrons. The van der Waals surface area contributed by atoms with Gasteiger partial charge in [0, 0.05) is 24.5 Å². The minimum absolute atomic E-state index is 0.278. The highest BCUT2D eigenvalue weighted by molar-refractivity contribution is 5.99. The molecule has 0 aliphatic heterocycles. The lowest BCUT2D eigenvalue weighted by atomic mass is 10.1. The molecule has 2 amide bonds. The Hall–Kier alpha value is -2.34. The molecule has 1 unspecified atom stereocenters. The average molecular weight is 287 g/mol. The Balaban J connectivity index is 1.93. The van der Waals surface area contributed by atoms with Gasteiger partial charge in [0.25, 0.3) is 0 Å². The fourth-order valence-corrected chi connectivity index (χ4v) is 1.92. The van der Waals surface area contributed by atoms with E-state index in [9.17, 15) is 4.79 Å². The largest absolute Gasteiger partial charge is 0.323 e.